The predicted octanol–water partition coefficient (Wildman–Crippen LogP) is 2.23. The number of hydrogen-bond donors (Lipinski definition) is 2. The highest BCUT2D eigenvalue weighted by atomic mass is 35.5. The second-order valence-electron chi connectivity index (χ2n) is 2.03. The number of anilines is 2. The van der Waals surface area contributed by atoms with Gasteiger partial charge in [0.05, 0.1) is 16.4 Å². The molecule has 0 atom stereocenters. The highest BCUT2D eigenvalue weighted by Gasteiger charge is 2.00. The summed E-state index contributed by atoms with van der Waals surface area (Å²) < 4.78 is 0. The Morgan fingerprint density at radius 1 is 1.33 bits per heavy atom. The van der Waals surface area contributed by atoms with Crippen LogP contribution in [0.2, 0.25) is 5.02 Å². The van der Waals surface area contributed by atoms with E-state index in [4.69, 9.17) is 23.1 Å². The van der Waals surface area contributed by atoms with Crippen LogP contribution in [-0.4, -0.2) is 4.98 Å². The molecule has 1 aromatic heterocycles. The Kier molecular flexibility index (Phi) is 4.44. The van der Waals surface area contributed by atoms with Crippen LogP contribution in [0.1, 0.15) is 19.5 Å². The van der Waals surface area contributed by atoms with E-state index in [0.29, 0.717) is 22.2 Å². The minimum Gasteiger partial charge on any atom is -0.396 e. The van der Waals surface area contributed by atoms with E-state index in [-0.39, 0.29) is 0 Å². The number of aryl methyl sites for hydroxylation is 1. The van der Waals surface area contributed by atoms with E-state index in [0.717, 1.165) is 0 Å². The molecule has 1 rings (SSSR count). The molecule has 4 N–H and O–H groups in total. The van der Waals surface area contributed by atoms with Crippen molar-refractivity contribution in [1.29, 1.82) is 0 Å². The van der Waals surface area contributed by atoms with Gasteiger partial charge >= 0.3 is 0 Å². The van der Waals surface area contributed by atoms with Crippen LogP contribution in [0.5, 0.6) is 0 Å². The fourth-order valence-corrected chi connectivity index (χ4v) is 0.773. The van der Waals surface area contributed by atoms with Crippen LogP contribution in [-0.2, 0) is 0 Å². The van der Waals surface area contributed by atoms with Gasteiger partial charge in [-0.3, -0.25) is 0 Å². The molecule has 0 saturated heterocycles. The lowest BCUT2D eigenvalue weighted by Gasteiger charge is -2.01. The first-order valence-corrected chi connectivity index (χ1v) is 4.17. The van der Waals surface area contributed by atoms with Gasteiger partial charge in [0.15, 0.2) is 0 Å². The van der Waals surface area contributed by atoms with E-state index in [1.165, 1.54) is 0 Å². The molecular formula is C8H14ClN3. The summed E-state index contributed by atoms with van der Waals surface area (Å²) in [6, 6.07) is 1.60. The van der Waals surface area contributed by atoms with Crippen LogP contribution in [0, 0.1) is 6.92 Å². The topological polar surface area (TPSA) is 64.9 Å². The van der Waals surface area contributed by atoms with Gasteiger partial charge in [0.25, 0.3) is 0 Å². The standard InChI is InChI=1S/C6H8ClN3.C2H6/c1-3-4(7)2-5(8)6(9)10-3;1-2/h2H,8H2,1H3,(H2,9,10);1-2H3. The van der Waals surface area contributed by atoms with Gasteiger partial charge in [-0.15, -0.1) is 0 Å². The first-order chi connectivity index (χ1) is 5.61. The summed E-state index contributed by atoms with van der Waals surface area (Å²) in [5.41, 5.74) is 11.9. The monoisotopic (exact) mass is 187 g/mol. The molecule has 1 aromatic rings. The molecule has 0 radical (unpaired) electrons. The second-order valence-corrected chi connectivity index (χ2v) is 2.44. The summed E-state index contributed by atoms with van der Waals surface area (Å²) in [5, 5.41) is 0.548. The van der Waals surface area contributed by atoms with Crippen molar-refractivity contribution in [2.24, 2.45) is 0 Å². The smallest absolute Gasteiger partial charge is 0.146 e. The molecule has 0 amide bonds. The Morgan fingerprint density at radius 2 is 1.83 bits per heavy atom. The van der Waals surface area contributed by atoms with Crippen molar-refractivity contribution in [3.05, 3.63) is 16.8 Å². The molecule has 0 spiro atoms. The lowest BCUT2D eigenvalue weighted by molar-refractivity contribution is 1.21. The summed E-state index contributed by atoms with van der Waals surface area (Å²) in [6.45, 7) is 5.78. The highest BCUT2D eigenvalue weighted by molar-refractivity contribution is 6.31. The molecule has 12 heavy (non-hydrogen) atoms. The van der Waals surface area contributed by atoms with Gasteiger partial charge in [-0.05, 0) is 13.0 Å². The summed E-state index contributed by atoms with van der Waals surface area (Å²) in [6.07, 6.45) is 0. The number of hydrogen-bond acceptors (Lipinski definition) is 3. The highest BCUT2D eigenvalue weighted by Crippen LogP contribution is 2.20. The summed E-state index contributed by atoms with van der Waals surface area (Å²) in [7, 11) is 0. The third-order valence-corrected chi connectivity index (χ3v) is 1.59. The molecule has 0 fully saturated rings. The maximum Gasteiger partial charge on any atom is 0.146 e. The zero-order valence-corrected chi connectivity index (χ0v) is 8.31. The van der Waals surface area contributed by atoms with Crippen LogP contribution < -0.4 is 11.5 Å². The first kappa shape index (κ1) is 11.0. The Balaban J connectivity index is 0.000000561. The van der Waals surface area contributed by atoms with Crippen LogP contribution >= 0.6 is 11.6 Å². The van der Waals surface area contributed by atoms with Crippen LogP contribution in [0.4, 0.5) is 11.5 Å². The number of rotatable bonds is 0. The number of nitrogen functional groups attached to an aromatic ring is 2. The molecule has 0 aliphatic carbocycles. The Hall–Kier alpha value is -0.960. The average Bonchev–Trinajstić information content (AvgIpc) is 2.05. The predicted molar refractivity (Wildman–Crippen MR) is 54.2 cm³/mol. The van der Waals surface area contributed by atoms with E-state index in [1.807, 2.05) is 13.8 Å². The summed E-state index contributed by atoms with van der Waals surface area (Å²) >= 11 is 5.69. The normalized spacial score (nSPS) is 8.67. The van der Waals surface area contributed by atoms with Crippen LogP contribution in [0.15, 0.2) is 6.07 Å². The average molecular weight is 188 g/mol. The van der Waals surface area contributed by atoms with Gasteiger partial charge in [0.2, 0.25) is 0 Å². The third kappa shape index (κ3) is 2.58. The van der Waals surface area contributed by atoms with E-state index < -0.39 is 0 Å². The molecule has 0 aliphatic heterocycles. The number of pyridine rings is 1. The number of nitrogens with zero attached hydrogens (tertiary/aromatic N) is 1. The Labute approximate surface area is 77.7 Å². The van der Waals surface area contributed by atoms with Crippen LogP contribution in [0.3, 0.4) is 0 Å². The molecule has 3 nitrogen and oxygen atoms in total. The number of nitrogens with two attached hydrogens (primary N) is 2. The molecular weight excluding hydrogens is 174 g/mol. The fraction of sp³-hybridized carbons (Fsp3) is 0.375. The van der Waals surface area contributed by atoms with Gasteiger partial charge in [-0.1, -0.05) is 25.4 Å². The van der Waals surface area contributed by atoms with E-state index in [9.17, 15) is 0 Å². The molecule has 0 saturated carbocycles. The Morgan fingerprint density at radius 3 is 2.25 bits per heavy atom. The largest absolute Gasteiger partial charge is 0.396 e. The lowest BCUT2D eigenvalue weighted by atomic mass is 10.3. The van der Waals surface area contributed by atoms with Crippen molar-refractivity contribution in [2.45, 2.75) is 20.8 Å². The van der Waals surface area contributed by atoms with Gasteiger partial charge in [0, 0.05) is 0 Å². The summed E-state index contributed by atoms with van der Waals surface area (Å²) in [4.78, 5) is 3.89. The second kappa shape index (κ2) is 4.83. The lowest BCUT2D eigenvalue weighted by Crippen LogP contribution is -1.99. The molecule has 0 unspecified atom stereocenters. The molecule has 4 heteroatoms. The molecule has 1 heterocycles. The van der Waals surface area contributed by atoms with E-state index in [1.54, 1.807) is 13.0 Å². The van der Waals surface area contributed by atoms with Crippen LogP contribution in [0.25, 0.3) is 0 Å². The van der Waals surface area contributed by atoms with Crippen molar-refractivity contribution in [2.75, 3.05) is 11.5 Å². The number of aromatic nitrogens is 1. The zero-order chi connectivity index (χ0) is 9.72. The SMILES string of the molecule is CC.Cc1nc(N)c(N)cc1Cl. The third-order valence-electron chi connectivity index (χ3n) is 1.21. The maximum atomic E-state index is 5.69. The minimum absolute atomic E-state index is 0.335. The van der Waals surface area contributed by atoms with Crippen molar-refractivity contribution < 1.29 is 0 Å². The maximum absolute atomic E-state index is 5.69. The molecule has 68 valence electrons. The van der Waals surface area contributed by atoms with Gasteiger partial charge in [-0.2, -0.15) is 0 Å². The van der Waals surface area contributed by atoms with Gasteiger partial charge in [-0.25, -0.2) is 4.98 Å². The first-order valence-electron chi connectivity index (χ1n) is 3.79. The molecule has 0 bridgehead atoms. The Bertz CT molecular complexity index is 210. The van der Waals surface area contributed by atoms with Gasteiger partial charge in [0.1, 0.15) is 5.82 Å². The quantitative estimate of drug-likeness (QED) is 0.655. The van der Waals surface area contributed by atoms with Gasteiger partial charge < -0.3 is 11.5 Å². The van der Waals surface area contributed by atoms with Crippen molar-refractivity contribution in [1.82, 2.24) is 4.98 Å². The van der Waals surface area contributed by atoms with Crippen molar-refractivity contribution in [3.8, 4) is 0 Å². The molecule has 0 aliphatic rings. The van der Waals surface area contributed by atoms with E-state index in [2.05, 4.69) is 4.98 Å². The number of halogens is 1. The van der Waals surface area contributed by atoms with Crippen molar-refractivity contribution in [3.63, 3.8) is 0 Å². The zero-order valence-electron chi connectivity index (χ0n) is 7.56. The van der Waals surface area contributed by atoms with Crippen molar-refractivity contribution >= 4 is 23.1 Å². The fourth-order valence-electron chi connectivity index (χ4n) is 0.614. The molecule has 0 aromatic carbocycles. The summed E-state index contributed by atoms with van der Waals surface area (Å²) in [5.74, 6) is 0.335. The minimum atomic E-state index is 0.335. The van der Waals surface area contributed by atoms with E-state index >= 15 is 0 Å².